The Bertz CT molecular complexity index is 1630. The van der Waals surface area contributed by atoms with Crippen molar-refractivity contribution in [1.82, 2.24) is 35.4 Å². The fraction of sp³-hybridized carbons (Fsp3) is 0.286. The summed E-state index contributed by atoms with van der Waals surface area (Å²) in [6, 6.07) is 13.3. The van der Waals surface area contributed by atoms with Gasteiger partial charge in [0, 0.05) is 37.0 Å². The second-order valence-corrected chi connectivity index (χ2v) is 9.70. The van der Waals surface area contributed by atoms with Gasteiger partial charge in [-0.3, -0.25) is 14.4 Å². The van der Waals surface area contributed by atoms with E-state index in [0.29, 0.717) is 61.3 Å². The molecule has 14 nitrogen and oxygen atoms in total. The Morgan fingerprint density at radius 3 is 2.43 bits per heavy atom. The molecule has 4 amide bonds. The van der Waals surface area contributed by atoms with Crippen LogP contribution in [0.2, 0.25) is 0 Å². The molecular weight excluding hydrogens is 542 g/mol. The number of benzene rings is 2. The van der Waals surface area contributed by atoms with Crippen molar-refractivity contribution in [3.05, 3.63) is 60.3 Å². The van der Waals surface area contributed by atoms with Crippen LogP contribution in [0.3, 0.4) is 0 Å². The van der Waals surface area contributed by atoms with Gasteiger partial charge in [0.1, 0.15) is 11.9 Å². The lowest BCUT2D eigenvalue weighted by molar-refractivity contribution is -0.202. The molecule has 14 heteroatoms. The van der Waals surface area contributed by atoms with Crippen molar-refractivity contribution in [2.75, 3.05) is 57.2 Å². The second-order valence-electron chi connectivity index (χ2n) is 9.70. The molecule has 4 heterocycles. The lowest BCUT2D eigenvalue weighted by Crippen LogP contribution is -2.63. The van der Waals surface area contributed by atoms with Crippen molar-refractivity contribution in [2.45, 2.75) is 6.04 Å². The van der Waals surface area contributed by atoms with E-state index in [9.17, 15) is 14.4 Å². The minimum absolute atomic E-state index is 0.283. The van der Waals surface area contributed by atoms with Crippen molar-refractivity contribution in [3.8, 4) is 17.1 Å². The smallest absolute Gasteiger partial charge is 0.318 e. The molecule has 42 heavy (non-hydrogen) atoms. The van der Waals surface area contributed by atoms with E-state index in [1.54, 1.807) is 54.3 Å². The van der Waals surface area contributed by atoms with Gasteiger partial charge in [0.25, 0.3) is 11.8 Å². The molecule has 0 saturated carbocycles. The van der Waals surface area contributed by atoms with Crippen molar-refractivity contribution < 1.29 is 24.0 Å². The lowest BCUT2D eigenvalue weighted by Gasteiger charge is -2.35. The van der Waals surface area contributed by atoms with E-state index in [4.69, 9.17) is 19.5 Å². The maximum absolute atomic E-state index is 12.7. The quantitative estimate of drug-likeness (QED) is 0.280. The van der Waals surface area contributed by atoms with Crippen LogP contribution < -0.4 is 20.9 Å². The molecule has 1 atom stereocenters. The van der Waals surface area contributed by atoms with E-state index in [1.807, 2.05) is 12.1 Å². The second kappa shape index (κ2) is 11.4. The summed E-state index contributed by atoms with van der Waals surface area (Å²) in [5, 5.41) is 14.6. The highest BCUT2D eigenvalue weighted by molar-refractivity contribution is 5.99. The van der Waals surface area contributed by atoms with E-state index in [1.165, 1.54) is 12.2 Å². The number of aromatic nitrogens is 4. The summed E-state index contributed by atoms with van der Waals surface area (Å²) >= 11 is 0. The van der Waals surface area contributed by atoms with Gasteiger partial charge in [-0.25, -0.2) is 24.5 Å². The van der Waals surface area contributed by atoms with Crippen LogP contribution in [-0.2, 0) is 14.4 Å². The molecule has 6 rings (SSSR count). The predicted octanol–water partition coefficient (Wildman–Crippen LogP) is 1.57. The van der Waals surface area contributed by atoms with Crippen LogP contribution in [-0.4, -0.2) is 95.7 Å². The maximum atomic E-state index is 12.7. The molecule has 2 aliphatic rings. The first-order valence-corrected chi connectivity index (χ1v) is 13.4. The number of nitrogens with one attached hydrogen (secondary N) is 3. The number of carbonyl (C=O) groups is 3. The first kappa shape index (κ1) is 27.1. The highest BCUT2D eigenvalue weighted by atomic mass is 16.7. The van der Waals surface area contributed by atoms with Crippen LogP contribution in [0.25, 0.3) is 28.1 Å². The third-order valence-electron chi connectivity index (χ3n) is 7.14. The fourth-order valence-electron chi connectivity index (χ4n) is 4.79. The van der Waals surface area contributed by atoms with Crippen molar-refractivity contribution in [1.29, 1.82) is 0 Å². The third kappa shape index (κ3) is 5.20. The number of hydrogen-bond acceptors (Lipinski definition) is 9. The predicted molar refractivity (Wildman–Crippen MR) is 153 cm³/mol. The summed E-state index contributed by atoms with van der Waals surface area (Å²) in [6.07, 6.45) is 1.74. The first-order valence-electron chi connectivity index (χ1n) is 13.4. The summed E-state index contributed by atoms with van der Waals surface area (Å²) in [5.41, 5.74) is 3.12. The molecule has 0 spiro atoms. The molecule has 0 bridgehead atoms. The molecule has 0 radical (unpaired) electrons. The number of urea groups is 1. The zero-order valence-corrected chi connectivity index (χ0v) is 23.0. The molecule has 2 fully saturated rings. The Morgan fingerprint density at radius 1 is 1.02 bits per heavy atom. The number of rotatable bonds is 7. The number of β-lactam (4-membered cyclic amide) rings is 1. The molecule has 2 aromatic heterocycles. The number of fused-ring (bicyclic) bond motifs is 1. The van der Waals surface area contributed by atoms with Gasteiger partial charge in [-0.1, -0.05) is 0 Å². The summed E-state index contributed by atoms with van der Waals surface area (Å²) in [4.78, 5) is 53.2. The first-order chi connectivity index (χ1) is 20.4. The zero-order valence-electron chi connectivity index (χ0n) is 23.0. The average Bonchev–Trinajstić information content (AvgIpc) is 3.47. The third-order valence-corrected chi connectivity index (χ3v) is 7.14. The average molecular weight is 572 g/mol. The van der Waals surface area contributed by atoms with Crippen LogP contribution in [0.15, 0.2) is 54.7 Å². The molecule has 216 valence electrons. The van der Waals surface area contributed by atoms with Gasteiger partial charge >= 0.3 is 6.03 Å². The summed E-state index contributed by atoms with van der Waals surface area (Å²) in [5.74, 6) is 0.621. The summed E-state index contributed by atoms with van der Waals surface area (Å²) < 4.78 is 7.26. The van der Waals surface area contributed by atoms with Gasteiger partial charge in [0.05, 0.1) is 44.1 Å². The number of carbonyl (C=O) groups excluding carboxylic acids is 3. The minimum atomic E-state index is -0.602. The van der Waals surface area contributed by atoms with Gasteiger partial charge in [0.2, 0.25) is 0 Å². The lowest BCUT2D eigenvalue weighted by atomic mass is 10.1. The highest BCUT2D eigenvalue weighted by Gasteiger charge is 2.38. The van der Waals surface area contributed by atoms with Gasteiger partial charge < -0.3 is 25.6 Å². The Morgan fingerprint density at radius 2 is 1.76 bits per heavy atom. The normalized spacial score (nSPS) is 16.7. The standard InChI is InChI=1S/C28H29N9O5/c1-29-28(40)31-19-7-3-17(4-8-19)23-33-24(35-11-13-42-14-12-35)21-15-30-37(25(21)34-23)20-9-5-18(6-10-20)26(38)32-22-16-36(41-2)27(22)39/h3-10,15,22H,11-14,16H2,1-2H3,(H,32,38)(H2,29,31,40). The number of hydroxylamine groups is 2. The largest absolute Gasteiger partial charge is 0.378 e. The number of amides is 4. The van der Waals surface area contributed by atoms with Gasteiger partial charge in [-0.05, 0) is 48.5 Å². The number of hydrogen-bond donors (Lipinski definition) is 3. The number of anilines is 2. The van der Waals surface area contributed by atoms with Crippen LogP contribution in [0.1, 0.15) is 10.4 Å². The zero-order chi connectivity index (χ0) is 29.2. The topological polar surface area (TPSA) is 156 Å². The molecule has 2 aromatic carbocycles. The van der Waals surface area contributed by atoms with Gasteiger partial charge in [-0.15, -0.1) is 0 Å². The van der Waals surface area contributed by atoms with Crippen molar-refractivity contribution in [2.24, 2.45) is 0 Å². The van der Waals surface area contributed by atoms with Crippen molar-refractivity contribution >= 4 is 40.4 Å². The molecule has 2 saturated heterocycles. The SMILES string of the molecule is CNC(=O)Nc1ccc(-c2nc(N3CCOCC3)c3cnn(-c4ccc(C(=O)NC5CN(OC)C5=O)cc4)c3n2)cc1. The van der Waals surface area contributed by atoms with E-state index in [-0.39, 0.29) is 17.8 Å². The molecule has 4 aromatic rings. The van der Waals surface area contributed by atoms with Crippen LogP contribution in [0, 0.1) is 0 Å². The molecule has 0 aliphatic carbocycles. The van der Waals surface area contributed by atoms with Crippen LogP contribution in [0.4, 0.5) is 16.3 Å². The fourth-order valence-corrected chi connectivity index (χ4v) is 4.79. The summed E-state index contributed by atoms with van der Waals surface area (Å²) in [7, 11) is 2.97. The molecule has 3 N–H and O–H groups in total. The maximum Gasteiger partial charge on any atom is 0.318 e. The number of ether oxygens (including phenoxy) is 1. The van der Waals surface area contributed by atoms with Gasteiger partial charge in [0.15, 0.2) is 11.5 Å². The molecule has 2 aliphatic heterocycles. The van der Waals surface area contributed by atoms with Gasteiger partial charge in [-0.2, -0.15) is 5.10 Å². The molecular formula is C28H29N9O5. The Labute approximate surface area is 240 Å². The van der Waals surface area contributed by atoms with E-state index >= 15 is 0 Å². The summed E-state index contributed by atoms with van der Waals surface area (Å²) in [6.45, 7) is 2.85. The minimum Gasteiger partial charge on any atom is -0.378 e. The Hall–Kier alpha value is -5.08. The van der Waals surface area contributed by atoms with E-state index in [2.05, 4.69) is 25.9 Å². The Balaban J connectivity index is 1.31. The Kier molecular flexibility index (Phi) is 7.37. The van der Waals surface area contributed by atoms with E-state index < -0.39 is 6.04 Å². The monoisotopic (exact) mass is 571 g/mol. The van der Waals surface area contributed by atoms with Crippen LogP contribution in [0.5, 0.6) is 0 Å². The highest BCUT2D eigenvalue weighted by Crippen LogP contribution is 2.30. The number of morpholine rings is 1. The van der Waals surface area contributed by atoms with E-state index in [0.717, 1.165) is 16.8 Å². The van der Waals surface area contributed by atoms with Crippen molar-refractivity contribution in [3.63, 3.8) is 0 Å². The number of nitrogens with zero attached hydrogens (tertiary/aromatic N) is 6. The van der Waals surface area contributed by atoms with Crippen LogP contribution >= 0.6 is 0 Å². The molecule has 1 unspecified atom stereocenters.